The molecule has 2 N–H and O–H groups in total. The molecule has 0 bridgehead atoms. The van der Waals surface area contributed by atoms with Gasteiger partial charge in [-0.3, -0.25) is 9.88 Å². The van der Waals surface area contributed by atoms with E-state index in [1.807, 2.05) is 12.3 Å². The first-order valence-electron chi connectivity index (χ1n) is 6.92. The van der Waals surface area contributed by atoms with Crippen LogP contribution in [0.3, 0.4) is 0 Å². The van der Waals surface area contributed by atoms with Crippen molar-refractivity contribution in [2.24, 2.45) is 0 Å². The minimum atomic E-state index is -0.281. The number of aromatic nitrogens is 1. The number of anilines is 1. The Labute approximate surface area is 118 Å². The van der Waals surface area contributed by atoms with Crippen LogP contribution in [0.1, 0.15) is 30.0 Å². The van der Waals surface area contributed by atoms with Crippen molar-refractivity contribution < 1.29 is 4.39 Å². The molecular formula is C16H18FN3. The van der Waals surface area contributed by atoms with Gasteiger partial charge in [-0.2, -0.15) is 0 Å². The van der Waals surface area contributed by atoms with Crippen LogP contribution in [0, 0.1) is 5.82 Å². The number of pyridine rings is 1. The predicted octanol–water partition coefficient (Wildman–Crippen LogP) is 3.14. The van der Waals surface area contributed by atoms with Gasteiger partial charge in [-0.15, -0.1) is 0 Å². The van der Waals surface area contributed by atoms with Gasteiger partial charge in [-0.05, 0) is 48.7 Å². The fraction of sp³-hybridized carbons (Fsp3) is 0.312. The van der Waals surface area contributed by atoms with Crippen molar-refractivity contribution in [2.75, 3.05) is 12.3 Å². The van der Waals surface area contributed by atoms with E-state index in [4.69, 9.17) is 5.73 Å². The summed E-state index contributed by atoms with van der Waals surface area (Å²) in [5.41, 5.74) is 8.66. The first-order valence-corrected chi connectivity index (χ1v) is 6.92. The maximum Gasteiger partial charge on any atom is 0.125 e. The molecule has 2 heterocycles. The Morgan fingerprint density at radius 1 is 1.35 bits per heavy atom. The summed E-state index contributed by atoms with van der Waals surface area (Å²) in [4.78, 5) is 6.59. The van der Waals surface area contributed by atoms with E-state index in [0.717, 1.165) is 25.1 Å². The van der Waals surface area contributed by atoms with Gasteiger partial charge in [0.15, 0.2) is 0 Å². The minimum Gasteiger partial charge on any atom is -0.398 e. The van der Waals surface area contributed by atoms with Gasteiger partial charge in [0.05, 0.1) is 0 Å². The summed E-state index contributed by atoms with van der Waals surface area (Å²) in [5.74, 6) is -0.281. The summed E-state index contributed by atoms with van der Waals surface area (Å²) < 4.78 is 13.1. The Balaban J connectivity index is 1.79. The van der Waals surface area contributed by atoms with Gasteiger partial charge in [0.1, 0.15) is 5.82 Å². The maximum atomic E-state index is 13.1. The number of hydrogen-bond acceptors (Lipinski definition) is 3. The fourth-order valence-electron chi connectivity index (χ4n) is 2.89. The molecule has 1 fully saturated rings. The molecule has 0 saturated carbocycles. The van der Waals surface area contributed by atoms with Crippen molar-refractivity contribution in [3.8, 4) is 0 Å². The molecule has 3 rings (SSSR count). The molecule has 1 atom stereocenters. The lowest BCUT2D eigenvalue weighted by Gasteiger charge is -2.25. The maximum absolute atomic E-state index is 13.1. The van der Waals surface area contributed by atoms with Crippen LogP contribution in [0.2, 0.25) is 0 Å². The second-order valence-electron chi connectivity index (χ2n) is 5.26. The third-order valence-corrected chi connectivity index (χ3v) is 3.91. The monoisotopic (exact) mass is 271 g/mol. The van der Waals surface area contributed by atoms with Gasteiger partial charge < -0.3 is 5.73 Å². The third-order valence-electron chi connectivity index (χ3n) is 3.91. The zero-order valence-electron chi connectivity index (χ0n) is 11.3. The lowest BCUT2D eigenvalue weighted by molar-refractivity contribution is 0.248. The standard InChI is InChI=1S/C16H18FN3/c17-14-6-5-13(15(18)9-14)11-20-8-2-4-16(20)12-3-1-7-19-10-12/h1,3,5-7,9-10,16H,2,4,8,11,18H2. The summed E-state index contributed by atoms with van der Waals surface area (Å²) in [7, 11) is 0. The van der Waals surface area contributed by atoms with Crippen LogP contribution >= 0.6 is 0 Å². The number of likely N-dealkylation sites (tertiary alicyclic amines) is 1. The zero-order valence-corrected chi connectivity index (χ0v) is 11.3. The second-order valence-corrected chi connectivity index (χ2v) is 5.26. The molecule has 0 radical (unpaired) electrons. The molecule has 2 aromatic rings. The molecule has 0 aliphatic carbocycles. The molecule has 4 heteroatoms. The predicted molar refractivity (Wildman–Crippen MR) is 77.4 cm³/mol. The highest BCUT2D eigenvalue weighted by atomic mass is 19.1. The average molecular weight is 271 g/mol. The summed E-state index contributed by atoms with van der Waals surface area (Å²) in [6.07, 6.45) is 6.02. The van der Waals surface area contributed by atoms with Crippen LogP contribution in [0.5, 0.6) is 0 Å². The first-order chi connectivity index (χ1) is 9.74. The number of nitrogen functional groups attached to an aromatic ring is 1. The summed E-state index contributed by atoms with van der Waals surface area (Å²) in [6.45, 7) is 1.79. The molecule has 0 spiro atoms. The largest absolute Gasteiger partial charge is 0.398 e. The van der Waals surface area contributed by atoms with Crippen molar-refractivity contribution in [1.29, 1.82) is 0 Å². The van der Waals surface area contributed by atoms with E-state index < -0.39 is 0 Å². The van der Waals surface area contributed by atoms with Crippen molar-refractivity contribution >= 4 is 5.69 Å². The zero-order chi connectivity index (χ0) is 13.9. The van der Waals surface area contributed by atoms with E-state index >= 15 is 0 Å². The minimum absolute atomic E-state index is 0.281. The fourth-order valence-corrected chi connectivity index (χ4v) is 2.89. The van der Waals surface area contributed by atoms with E-state index in [-0.39, 0.29) is 5.82 Å². The summed E-state index contributed by atoms with van der Waals surface area (Å²) in [6, 6.07) is 9.12. The van der Waals surface area contributed by atoms with Crippen LogP contribution in [0.15, 0.2) is 42.7 Å². The Kier molecular flexibility index (Phi) is 3.65. The molecule has 0 amide bonds. The first kappa shape index (κ1) is 13.1. The van der Waals surface area contributed by atoms with Crippen molar-refractivity contribution in [1.82, 2.24) is 9.88 Å². The van der Waals surface area contributed by atoms with Crippen LogP contribution in [0.4, 0.5) is 10.1 Å². The van der Waals surface area contributed by atoms with Gasteiger partial charge in [0.25, 0.3) is 0 Å². The normalized spacial score (nSPS) is 19.4. The van der Waals surface area contributed by atoms with E-state index in [1.165, 1.54) is 24.1 Å². The van der Waals surface area contributed by atoms with Crippen LogP contribution in [0.25, 0.3) is 0 Å². The molecule has 1 unspecified atom stereocenters. The molecule has 20 heavy (non-hydrogen) atoms. The number of nitrogens with zero attached hydrogens (tertiary/aromatic N) is 2. The lowest BCUT2D eigenvalue weighted by Crippen LogP contribution is -2.23. The van der Waals surface area contributed by atoms with E-state index in [9.17, 15) is 4.39 Å². The molecule has 1 aromatic carbocycles. The van der Waals surface area contributed by atoms with Gasteiger partial charge in [-0.1, -0.05) is 12.1 Å². The highest BCUT2D eigenvalue weighted by Crippen LogP contribution is 2.33. The average Bonchev–Trinajstić information content (AvgIpc) is 2.91. The molecule has 104 valence electrons. The van der Waals surface area contributed by atoms with Crippen LogP contribution in [-0.4, -0.2) is 16.4 Å². The van der Waals surface area contributed by atoms with Gasteiger partial charge in [0.2, 0.25) is 0 Å². The topological polar surface area (TPSA) is 42.1 Å². The van der Waals surface area contributed by atoms with Crippen molar-refractivity contribution in [3.63, 3.8) is 0 Å². The Morgan fingerprint density at radius 2 is 2.25 bits per heavy atom. The second kappa shape index (κ2) is 5.59. The Hall–Kier alpha value is -1.94. The number of halogens is 1. The van der Waals surface area contributed by atoms with E-state index in [1.54, 1.807) is 12.3 Å². The van der Waals surface area contributed by atoms with E-state index in [0.29, 0.717) is 11.7 Å². The number of nitrogens with two attached hydrogens (primary N) is 1. The number of hydrogen-bond donors (Lipinski definition) is 1. The van der Waals surface area contributed by atoms with Crippen LogP contribution < -0.4 is 5.73 Å². The molecular weight excluding hydrogens is 253 g/mol. The van der Waals surface area contributed by atoms with Gasteiger partial charge >= 0.3 is 0 Å². The summed E-state index contributed by atoms with van der Waals surface area (Å²) in [5, 5.41) is 0. The van der Waals surface area contributed by atoms with Crippen molar-refractivity contribution in [3.05, 3.63) is 59.7 Å². The van der Waals surface area contributed by atoms with Gasteiger partial charge in [0, 0.05) is 30.7 Å². The quantitative estimate of drug-likeness (QED) is 0.872. The van der Waals surface area contributed by atoms with Gasteiger partial charge in [-0.25, -0.2) is 4.39 Å². The summed E-state index contributed by atoms with van der Waals surface area (Å²) >= 11 is 0. The molecule has 1 saturated heterocycles. The molecule has 1 aliphatic rings. The Bertz CT molecular complexity index is 586. The SMILES string of the molecule is Nc1cc(F)ccc1CN1CCCC1c1cccnc1. The highest BCUT2D eigenvalue weighted by molar-refractivity contribution is 5.46. The van der Waals surface area contributed by atoms with Crippen molar-refractivity contribution in [2.45, 2.75) is 25.4 Å². The highest BCUT2D eigenvalue weighted by Gasteiger charge is 2.26. The smallest absolute Gasteiger partial charge is 0.125 e. The molecule has 1 aromatic heterocycles. The lowest BCUT2D eigenvalue weighted by atomic mass is 10.1. The molecule has 3 nitrogen and oxygen atoms in total. The van der Waals surface area contributed by atoms with E-state index in [2.05, 4.69) is 16.0 Å². The Morgan fingerprint density at radius 3 is 3.00 bits per heavy atom. The number of benzene rings is 1. The number of rotatable bonds is 3. The third kappa shape index (κ3) is 2.65. The van der Waals surface area contributed by atoms with Crippen LogP contribution in [-0.2, 0) is 6.54 Å². The molecule has 1 aliphatic heterocycles.